The second kappa shape index (κ2) is 6.33. The molecule has 1 amide bonds. The minimum atomic E-state index is -0.481. The fraction of sp³-hybridized carbons (Fsp3) is 0.467. The summed E-state index contributed by atoms with van der Waals surface area (Å²) in [6.45, 7) is 1.78. The highest BCUT2D eigenvalue weighted by atomic mass is 16.6. The number of rotatable bonds is 4. The number of ether oxygens (including phenoxy) is 2. The number of hydrogen-bond acceptors (Lipinski definition) is 6. The zero-order chi connectivity index (χ0) is 15.5. The van der Waals surface area contributed by atoms with Crippen molar-refractivity contribution in [2.45, 2.75) is 12.1 Å². The van der Waals surface area contributed by atoms with Crippen LogP contribution in [0.2, 0.25) is 0 Å². The number of amides is 1. The number of morpholine rings is 1. The van der Waals surface area contributed by atoms with E-state index < -0.39 is 12.2 Å². The molecule has 1 N–H and O–H groups in total. The van der Waals surface area contributed by atoms with Crippen LogP contribution in [0.3, 0.4) is 0 Å². The van der Waals surface area contributed by atoms with Gasteiger partial charge in [0.1, 0.15) is 18.4 Å². The molecule has 1 aromatic rings. The topological polar surface area (TPSA) is 79.3 Å². The van der Waals surface area contributed by atoms with Crippen molar-refractivity contribution < 1.29 is 24.2 Å². The molecule has 0 saturated carbocycles. The predicted molar refractivity (Wildman–Crippen MR) is 79.2 cm³/mol. The number of carbonyl (C=O) groups excluding carboxylic acids is 2. The molecule has 0 aromatic heterocycles. The third-order valence-corrected chi connectivity index (χ3v) is 3.89. The number of carbonyl (C=O) groups is 2. The first-order chi connectivity index (χ1) is 10.7. The number of aliphatic hydroxyl groups excluding tert-OH is 1. The maximum atomic E-state index is 11.7. The lowest BCUT2D eigenvalue weighted by atomic mass is 10.2. The van der Waals surface area contributed by atoms with Crippen molar-refractivity contribution in [3.63, 3.8) is 0 Å². The van der Waals surface area contributed by atoms with Crippen LogP contribution < -0.4 is 9.80 Å². The first-order valence-electron chi connectivity index (χ1n) is 7.21. The smallest absolute Gasteiger partial charge is 0.414 e. The highest BCUT2D eigenvalue weighted by Crippen LogP contribution is 2.26. The molecule has 2 aliphatic rings. The molecule has 2 atom stereocenters. The van der Waals surface area contributed by atoms with E-state index in [0.29, 0.717) is 32.0 Å². The lowest BCUT2D eigenvalue weighted by Crippen LogP contribution is -2.46. The Morgan fingerprint density at radius 1 is 1.27 bits per heavy atom. The Kier molecular flexibility index (Phi) is 4.26. The number of aldehydes is 1. The minimum absolute atomic E-state index is 0.185. The van der Waals surface area contributed by atoms with Crippen LogP contribution in [-0.4, -0.2) is 62.5 Å². The molecule has 1 aromatic carbocycles. The molecule has 22 heavy (non-hydrogen) atoms. The molecular weight excluding hydrogens is 288 g/mol. The number of aliphatic hydroxyl groups is 1. The van der Waals surface area contributed by atoms with Crippen molar-refractivity contribution >= 4 is 23.8 Å². The summed E-state index contributed by atoms with van der Waals surface area (Å²) in [5.41, 5.74) is 1.62. The standard InChI is InChI=1S/C15H18N2O5/c18-8-13-10-21-6-5-16(13)11-1-3-12(4-2-11)17-7-14(9-19)22-15(17)20/h1-4,8,13-14,19H,5-7,9-10H2/t13?,14-/m0/s1. The van der Waals surface area contributed by atoms with E-state index in [2.05, 4.69) is 0 Å². The first-order valence-corrected chi connectivity index (χ1v) is 7.21. The molecule has 118 valence electrons. The van der Waals surface area contributed by atoms with E-state index in [9.17, 15) is 9.59 Å². The number of benzene rings is 1. The van der Waals surface area contributed by atoms with Gasteiger partial charge in [-0.2, -0.15) is 0 Å². The molecule has 2 aliphatic heterocycles. The molecule has 3 rings (SSSR count). The summed E-state index contributed by atoms with van der Waals surface area (Å²) in [5.74, 6) is 0. The summed E-state index contributed by atoms with van der Waals surface area (Å²) in [7, 11) is 0. The first kappa shape index (κ1) is 14.8. The summed E-state index contributed by atoms with van der Waals surface area (Å²) < 4.78 is 10.3. The van der Waals surface area contributed by atoms with Gasteiger partial charge in [0.15, 0.2) is 0 Å². The van der Waals surface area contributed by atoms with Crippen molar-refractivity contribution in [3.8, 4) is 0 Å². The summed E-state index contributed by atoms with van der Waals surface area (Å²) in [4.78, 5) is 26.3. The van der Waals surface area contributed by atoms with Gasteiger partial charge in [-0.15, -0.1) is 0 Å². The fourth-order valence-electron chi connectivity index (χ4n) is 2.71. The largest absolute Gasteiger partial charge is 0.441 e. The average molecular weight is 306 g/mol. The maximum absolute atomic E-state index is 11.7. The van der Waals surface area contributed by atoms with E-state index in [1.807, 2.05) is 29.2 Å². The van der Waals surface area contributed by atoms with Crippen LogP contribution in [0.4, 0.5) is 16.2 Å². The molecular formula is C15H18N2O5. The molecule has 2 fully saturated rings. The number of nitrogens with zero attached hydrogens (tertiary/aromatic N) is 2. The summed E-state index contributed by atoms with van der Waals surface area (Å²) in [6, 6.07) is 7.09. The van der Waals surface area contributed by atoms with Crippen LogP contribution in [0, 0.1) is 0 Å². The third-order valence-electron chi connectivity index (χ3n) is 3.89. The Morgan fingerprint density at radius 3 is 2.64 bits per heavy atom. The molecule has 0 bridgehead atoms. The second-order valence-electron chi connectivity index (χ2n) is 5.29. The minimum Gasteiger partial charge on any atom is -0.441 e. The molecule has 7 heteroatoms. The zero-order valence-electron chi connectivity index (χ0n) is 12.1. The van der Waals surface area contributed by atoms with Gasteiger partial charge in [0, 0.05) is 17.9 Å². The van der Waals surface area contributed by atoms with Crippen LogP contribution in [0.1, 0.15) is 0 Å². The second-order valence-corrected chi connectivity index (χ2v) is 5.29. The quantitative estimate of drug-likeness (QED) is 0.812. The van der Waals surface area contributed by atoms with Crippen LogP contribution in [-0.2, 0) is 14.3 Å². The Hall–Kier alpha value is -2.12. The van der Waals surface area contributed by atoms with Gasteiger partial charge in [0.2, 0.25) is 0 Å². The van der Waals surface area contributed by atoms with Crippen LogP contribution in [0.25, 0.3) is 0 Å². The van der Waals surface area contributed by atoms with Crippen molar-refractivity contribution in [1.29, 1.82) is 0 Å². The van der Waals surface area contributed by atoms with E-state index in [1.165, 1.54) is 4.90 Å². The van der Waals surface area contributed by atoms with Crippen molar-refractivity contribution in [3.05, 3.63) is 24.3 Å². The van der Waals surface area contributed by atoms with Gasteiger partial charge in [-0.25, -0.2) is 4.79 Å². The fourth-order valence-corrected chi connectivity index (χ4v) is 2.71. The molecule has 1 unspecified atom stereocenters. The lowest BCUT2D eigenvalue weighted by molar-refractivity contribution is -0.111. The highest BCUT2D eigenvalue weighted by molar-refractivity contribution is 5.90. The van der Waals surface area contributed by atoms with Gasteiger partial charge in [-0.3, -0.25) is 4.90 Å². The number of hydrogen-bond donors (Lipinski definition) is 1. The number of anilines is 2. The predicted octanol–water partition coefficient (Wildman–Crippen LogP) is 0.408. The van der Waals surface area contributed by atoms with Gasteiger partial charge < -0.3 is 24.3 Å². The van der Waals surface area contributed by atoms with Gasteiger partial charge in [0.05, 0.1) is 26.4 Å². The molecule has 2 saturated heterocycles. The Balaban J connectivity index is 1.75. The van der Waals surface area contributed by atoms with Crippen LogP contribution in [0.15, 0.2) is 24.3 Å². The van der Waals surface area contributed by atoms with E-state index >= 15 is 0 Å². The van der Waals surface area contributed by atoms with Gasteiger partial charge in [-0.05, 0) is 24.3 Å². The lowest BCUT2D eigenvalue weighted by Gasteiger charge is -2.34. The Bertz CT molecular complexity index is 547. The third kappa shape index (κ3) is 2.77. The molecule has 0 aliphatic carbocycles. The summed E-state index contributed by atoms with van der Waals surface area (Å²) in [6.07, 6.45) is -0.0497. The van der Waals surface area contributed by atoms with Crippen molar-refractivity contribution in [2.24, 2.45) is 0 Å². The van der Waals surface area contributed by atoms with E-state index in [1.54, 1.807) is 0 Å². The molecule has 2 heterocycles. The Labute approximate surface area is 128 Å². The maximum Gasteiger partial charge on any atom is 0.414 e. The van der Waals surface area contributed by atoms with Gasteiger partial charge in [0.25, 0.3) is 0 Å². The van der Waals surface area contributed by atoms with E-state index in [0.717, 1.165) is 12.0 Å². The monoisotopic (exact) mass is 306 g/mol. The van der Waals surface area contributed by atoms with Crippen LogP contribution in [0.5, 0.6) is 0 Å². The van der Waals surface area contributed by atoms with Crippen molar-refractivity contribution in [1.82, 2.24) is 0 Å². The normalized spacial score (nSPS) is 25.2. The SMILES string of the molecule is O=CC1COCCN1c1ccc(N2C[C@@H](CO)OC2=O)cc1. The summed E-state index contributed by atoms with van der Waals surface area (Å²) in [5, 5.41) is 9.06. The van der Waals surface area contributed by atoms with Crippen LogP contribution >= 0.6 is 0 Å². The van der Waals surface area contributed by atoms with E-state index in [4.69, 9.17) is 14.6 Å². The van der Waals surface area contributed by atoms with Gasteiger partial charge >= 0.3 is 6.09 Å². The molecule has 0 radical (unpaired) electrons. The highest BCUT2D eigenvalue weighted by Gasteiger charge is 2.32. The number of cyclic esters (lactones) is 1. The Morgan fingerprint density at radius 2 is 2.00 bits per heavy atom. The molecule has 0 spiro atoms. The van der Waals surface area contributed by atoms with Gasteiger partial charge in [-0.1, -0.05) is 0 Å². The summed E-state index contributed by atoms with van der Waals surface area (Å²) >= 11 is 0. The molecule has 7 nitrogen and oxygen atoms in total. The zero-order valence-corrected chi connectivity index (χ0v) is 12.1. The average Bonchev–Trinajstić information content (AvgIpc) is 2.96. The van der Waals surface area contributed by atoms with Crippen molar-refractivity contribution in [2.75, 3.05) is 42.7 Å². The van der Waals surface area contributed by atoms with E-state index in [-0.39, 0.29) is 12.6 Å².